The second kappa shape index (κ2) is 7.30. The molecule has 0 heterocycles. The van der Waals surface area contributed by atoms with Crippen molar-refractivity contribution in [1.82, 2.24) is 0 Å². The van der Waals surface area contributed by atoms with E-state index in [1.54, 1.807) is 0 Å². The predicted molar refractivity (Wildman–Crippen MR) is 68.4 cm³/mol. The van der Waals surface area contributed by atoms with E-state index >= 15 is 0 Å². The lowest BCUT2D eigenvalue weighted by Crippen LogP contribution is -2.29. The zero-order chi connectivity index (χ0) is 13.6. The second-order valence-electron chi connectivity index (χ2n) is 6.02. The van der Waals surface area contributed by atoms with Crippen LogP contribution >= 0.6 is 0 Å². The quantitative estimate of drug-likeness (QED) is 0.611. The molecule has 0 saturated carbocycles. The Morgan fingerprint density at radius 2 is 1.35 bits per heavy atom. The van der Waals surface area contributed by atoms with Crippen molar-refractivity contribution in [2.45, 2.75) is 53.9 Å². The van der Waals surface area contributed by atoms with Crippen LogP contribution in [0.4, 0.5) is 8.78 Å². The number of hydrogen-bond donors (Lipinski definition) is 0. The average molecular weight is 250 g/mol. The van der Waals surface area contributed by atoms with E-state index in [4.69, 9.17) is 4.74 Å². The average Bonchev–Trinajstić information content (AvgIpc) is 2.15. The summed E-state index contributed by atoms with van der Waals surface area (Å²) in [6.07, 6.45) is -0.0826. The molecule has 0 N–H and O–H groups in total. The first-order valence-corrected chi connectivity index (χ1v) is 6.61. The van der Waals surface area contributed by atoms with Crippen LogP contribution in [0.15, 0.2) is 0 Å². The summed E-state index contributed by atoms with van der Waals surface area (Å²) in [5.41, 5.74) is 0. The van der Waals surface area contributed by atoms with Crippen molar-refractivity contribution < 1.29 is 13.5 Å². The van der Waals surface area contributed by atoms with Gasteiger partial charge in [0.2, 0.25) is 0 Å². The van der Waals surface area contributed by atoms with Gasteiger partial charge in [0.1, 0.15) is 6.61 Å². The highest BCUT2D eigenvalue weighted by molar-refractivity contribution is 4.71. The number of hydrogen-bond acceptors (Lipinski definition) is 1. The van der Waals surface area contributed by atoms with E-state index in [0.29, 0.717) is 18.4 Å². The molecule has 104 valence electrons. The third-order valence-electron chi connectivity index (χ3n) is 3.59. The van der Waals surface area contributed by atoms with Gasteiger partial charge in [0, 0.05) is 13.0 Å². The van der Waals surface area contributed by atoms with Crippen molar-refractivity contribution in [1.29, 1.82) is 0 Å². The molecule has 1 nitrogen and oxygen atoms in total. The Balaban J connectivity index is 3.93. The molecule has 0 radical (unpaired) electrons. The van der Waals surface area contributed by atoms with E-state index in [0.717, 1.165) is 0 Å². The first-order chi connectivity index (χ1) is 7.65. The van der Waals surface area contributed by atoms with Crippen LogP contribution in [0.25, 0.3) is 0 Å². The van der Waals surface area contributed by atoms with E-state index in [-0.39, 0.29) is 18.3 Å². The van der Waals surface area contributed by atoms with Crippen LogP contribution < -0.4 is 0 Å². The van der Waals surface area contributed by atoms with Gasteiger partial charge in [-0.1, -0.05) is 41.5 Å². The van der Waals surface area contributed by atoms with Crippen LogP contribution in [0.5, 0.6) is 0 Å². The van der Waals surface area contributed by atoms with Crippen LogP contribution in [-0.4, -0.2) is 19.1 Å². The number of halogens is 2. The van der Waals surface area contributed by atoms with Gasteiger partial charge in [0.25, 0.3) is 5.92 Å². The Labute approximate surface area is 105 Å². The lowest BCUT2D eigenvalue weighted by atomic mass is 9.92. The molecule has 0 aromatic carbocycles. The third kappa shape index (κ3) is 7.69. The normalized spacial score (nSPS) is 16.6. The van der Waals surface area contributed by atoms with Crippen molar-refractivity contribution in [2.75, 3.05) is 13.2 Å². The molecule has 0 saturated heterocycles. The molecule has 0 amide bonds. The maximum Gasteiger partial charge on any atom is 0.271 e. The summed E-state index contributed by atoms with van der Waals surface area (Å²) in [6, 6.07) is 0. The number of ether oxygens (including phenoxy) is 1. The molecule has 0 aliphatic heterocycles. The van der Waals surface area contributed by atoms with Crippen molar-refractivity contribution >= 4 is 0 Å². The molecule has 2 atom stereocenters. The Hall–Kier alpha value is -0.180. The van der Waals surface area contributed by atoms with Gasteiger partial charge in [-0.2, -0.15) is 0 Å². The molecular formula is C14H28F2O. The summed E-state index contributed by atoms with van der Waals surface area (Å²) in [5, 5.41) is 0. The van der Waals surface area contributed by atoms with Crippen molar-refractivity contribution in [3.8, 4) is 0 Å². The van der Waals surface area contributed by atoms with Crippen molar-refractivity contribution in [2.24, 2.45) is 23.7 Å². The van der Waals surface area contributed by atoms with E-state index in [2.05, 4.69) is 13.8 Å². The Kier molecular flexibility index (Phi) is 7.22. The van der Waals surface area contributed by atoms with Gasteiger partial charge in [-0.3, -0.25) is 0 Å². The molecule has 0 spiro atoms. The van der Waals surface area contributed by atoms with E-state index in [1.165, 1.54) is 0 Å². The van der Waals surface area contributed by atoms with Crippen molar-refractivity contribution in [3.63, 3.8) is 0 Å². The third-order valence-corrected chi connectivity index (χ3v) is 3.59. The first kappa shape index (κ1) is 16.8. The zero-order valence-electron chi connectivity index (χ0n) is 12.1. The lowest BCUT2D eigenvalue weighted by Gasteiger charge is -2.24. The minimum absolute atomic E-state index is 0.0242. The van der Waals surface area contributed by atoms with Crippen molar-refractivity contribution in [3.05, 3.63) is 0 Å². The fourth-order valence-electron chi connectivity index (χ4n) is 1.35. The van der Waals surface area contributed by atoms with Gasteiger partial charge in [-0.15, -0.1) is 0 Å². The molecule has 17 heavy (non-hydrogen) atoms. The van der Waals surface area contributed by atoms with Crippen LogP contribution in [0.3, 0.4) is 0 Å². The van der Waals surface area contributed by atoms with Crippen LogP contribution in [0, 0.1) is 23.7 Å². The van der Waals surface area contributed by atoms with Gasteiger partial charge in [0.15, 0.2) is 0 Å². The van der Waals surface area contributed by atoms with E-state index in [1.807, 2.05) is 27.7 Å². The van der Waals surface area contributed by atoms with Gasteiger partial charge in [0.05, 0.1) is 0 Å². The molecule has 2 unspecified atom stereocenters. The zero-order valence-corrected chi connectivity index (χ0v) is 12.1. The number of rotatable bonds is 8. The van der Waals surface area contributed by atoms with Gasteiger partial charge < -0.3 is 4.74 Å². The number of alkyl halides is 2. The second-order valence-corrected chi connectivity index (χ2v) is 6.02. The molecule has 0 aromatic heterocycles. The molecule has 3 heteroatoms. The van der Waals surface area contributed by atoms with Crippen LogP contribution in [0.1, 0.15) is 48.0 Å². The topological polar surface area (TPSA) is 9.23 Å². The lowest BCUT2D eigenvalue weighted by molar-refractivity contribution is -0.0993. The first-order valence-electron chi connectivity index (χ1n) is 6.61. The monoisotopic (exact) mass is 250 g/mol. The predicted octanol–water partition coefficient (Wildman–Crippen LogP) is 4.61. The van der Waals surface area contributed by atoms with Crippen LogP contribution in [-0.2, 0) is 4.74 Å². The smallest absolute Gasteiger partial charge is 0.271 e. The molecule has 0 rings (SSSR count). The fourth-order valence-corrected chi connectivity index (χ4v) is 1.35. The highest BCUT2D eigenvalue weighted by Crippen LogP contribution is 2.28. The summed E-state index contributed by atoms with van der Waals surface area (Å²) in [6.45, 7) is 12.0. The highest BCUT2D eigenvalue weighted by Gasteiger charge is 2.32. The van der Waals surface area contributed by atoms with Gasteiger partial charge in [-0.25, -0.2) is 8.78 Å². The maximum atomic E-state index is 13.6. The minimum Gasteiger partial charge on any atom is -0.375 e. The molecular weight excluding hydrogens is 222 g/mol. The highest BCUT2D eigenvalue weighted by atomic mass is 19.3. The molecule has 0 fully saturated rings. The Bertz CT molecular complexity index is 202. The summed E-state index contributed by atoms with van der Waals surface area (Å²) < 4.78 is 32.3. The summed E-state index contributed by atoms with van der Waals surface area (Å²) in [4.78, 5) is 0. The van der Waals surface area contributed by atoms with E-state index in [9.17, 15) is 8.78 Å². The standard InChI is InChI=1S/C14H28F2O/c1-10(2)12(5)7-14(15,16)9-17-8-13(6)11(3)4/h10-13H,7-9H2,1-6H3. The minimum atomic E-state index is -2.69. The summed E-state index contributed by atoms with van der Waals surface area (Å²) in [5.74, 6) is -1.58. The Morgan fingerprint density at radius 1 is 0.882 bits per heavy atom. The van der Waals surface area contributed by atoms with Crippen LogP contribution in [0.2, 0.25) is 0 Å². The van der Waals surface area contributed by atoms with E-state index < -0.39 is 12.5 Å². The maximum absolute atomic E-state index is 13.6. The summed E-state index contributed by atoms with van der Waals surface area (Å²) in [7, 11) is 0. The van der Waals surface area contributed by atoms with Gasteiger partial charge >= 0.3 is 0 Å². The Morgan fingerprint density at radius 3 is 1.76 bits per heavy atom. The summed E-state index contributed by atoms with van der Waals surface area (Å²) >= 11 is 0. The fraction of sp³-hybridized carbons (Fsp3) is 1.00. The van der Waals surface area contributed by atoms with Gasteiger partial charge in [-0.05, 0) is 23.7 Å². The molecule has 0 aromatic rings. The molecule has 0 bridgehead atoms. The molecule has 0 aliphatic rings. The largest absolute Gasteiger partial charge is 0.375 e. The SMILES string of the molecule is CC(C)C(C)COCC(F)(F)CC(C)C(C)C. The molecule has 0 aliphatic carbocycles.